The van der Waals surface area contributed by atoms with Crippen molar-refractivity contribution in [3.05, 3.63) is 0 Å². The molecule has 2 aliphatic rings. The minimum absolute atomic E-state index is 0.156. The van der Waals surface area contributed by atoms with Crippen molar-refractivity contribution >= 4 is 0 Å². The highest BCUT2D eigenvalue weighted by Gasteiger charge is 2.37. The Morgan fingerprint density at radius 1 is 1.11 bits per heavy atom. The predicted molar refractivity (Wildman–Crippen MR) is 62.5 cm³/mol. The Balaban J connectivity index is 1.65. The van der Waals surface area contributed by atoms with Gasteiger partial charge >= 0.3 is 6.18 Å². The Kier molecular flexibility index (Phi) is 4.86. The largest absolute Gasteiger partial charge is 0.401 e. The summed E-state index contributed by atoms with van der Waals surface area (Å²) in [6.45, 7) is 1.87. The molecule has 1 aliphatic heterocycles. The van der Waals surface area contributed by atoms with E-state index >= 15 is 0 Å². The Morgan fingerprint density at radius 2 is 1.78 bits per heavy atom. The van der Waals surface area contributed by atoms with Gasteiger partial charge in [0.25, 0.3) is 0 Å². The van der Waals surface area contributed by atoms with Crippen molar-refractivity contribution < 1.29 is 17.9 Å². The summed E-state index contributed by atoms with van der Waals surface area (Å²) in [5.41, 5.74) is 0. The van der Waals surface area contributed by atoms with Crippen molar-refractivity contribution in [1.29, 1.82) is 0 Å². The van der Waals surface area contributed by atoms with Crippen LogP contribution < -0.4 is 5.32 Å². The fourth-order valence-electron chi connectivity index (χ4n) is 2.37. The average Bonchev–Trinajstić information content (AvgIpc) is 3.11. The van der Waals surface area contributed by atoms with Crippen molar-refractivity contribution in [2.75, 3.05) is 32.8 Å². The number of hydrogen-bond acceptors (Lipinski definition) is 3. The van der Waals surface area contributed by atoms with E-state index in [0.717, 1.165) is 38.9 Å². The van der Waals surface area contributed by atoms with Crippen molar-refractivity contribution in [3.8, 4) is 0 Å². The van der Waals surface area contributed by atoms with Gasteiger partial charge in [0.2, 0.25) is 0 Å². The molecule has 18 heavy (non-hydrogen) atoms. The number of rotatable bonds is 6. The van der Waals surface area contributed by atoms with Gasteiger partial charge in [0, 0.05) is 38.4 Å². The van der Waals surface area contributed by atoms with Crippen LogP contribution in [-0.4, -0.2) is 56.0 Å². The first kappa shape index (κ1) is 14.1. The Bertz CT molecular complexity index is 250. The molecule has 0 bridgehead atoms. The minimum atomic E-state index is -4.08. The molecule has 2 fully saturated rings. The lowest BCUT2D eigenvalue weighted by molar-refractivity contribution is -0.147. The standard InChI is InChI=1S/C12H21F3N2O/c13-12(14,15)9-17(11-1-2-11)6-5-16-10-3-7-18-8-4-10/h10-11,16H,1-9H2. The molecule has 0 unspecified atom stereocenters. The van der Waals surface area contributed by atoms with Crippen LogP contribution in [0.1, 0.15) is 25.7 Å². The van der Waals surface area contributed by atoms with Crippen LogP contribution in [0.4, 0.5) is 13.2 Å². The van der Waals surface area contributed by atoms with Gasteiger partial charge in [-0.2, -0.15) is 13.2 Å². The zero-order valence-electron chi connectivity index (χ0n) is 10.5. The quantitative estimate of drug-likeness (QED) is 0.793. The molecule has 1 aliphatic carbocycles. The lowest BCUT2D eigenvalue weighted by atomic mass is 10.1. The highest BCUT2D eigenvalue weighted by atomic mass is 19.4. The van der Waals surface area contributed by atoms with Crippen molar-refractivity contribution in [3.63, 3.8) is 0 Å². The fraction of sp³-hybridized carbons (Fsp3) is 1.00. The van der Waals surface area contributed by atoms with Crippen LogP contribution >= 0.6 is 0 Å². The van der Waals surface area contributed by atoms with Gasteiger partial charge in [0.05, 0.1) is 6.54 Å². The van der Waals surface area contributed by atoms with Crippen LogP contribution in [0.2, 0.25) is 0 Å². The molecule has 6 heteroatoms. The summed E-state index contributed by atoms with van der Waals surface area (Å²) in [6.07, 6.45) is -0.340. The van der Waals surface area contributed by atoms with E-state index in [1.807, 2.05) is 0 Å². The number of nitrogens with zero attached hydrogens (tertiary/aromatic N) is 1. The molecule has 1 saturated heterocycles. The summed E-state index contributed by atoms with van der Waals surface area (Å²) >= 11 is 0. The number of alkyl halides is 3. The lowest BCUT2D eigenvalue weighted by Gasteiger charge is -2.27. The molecule has 0 spiro atoms. The monoisotopic (exact) mass is 266 g/mol. The third-order valence-corrected chi connectivity index (χ3v) is 3.50. The van der Waals surface area contributed by atoms with E-state index in [1.165, 1.54) is 0 Å². The SMILES string of the molecule is FC(F)(F)CN(CCNC1CCOCC1)C1CC1. The maximum absolute atomic E-state index is 12.4. The highest BCUT2D eigenvalue weighted by Crippen LogP contribution is 2.29. The molecule has 0 amide bonds. The van der Waals surface area contributed by atoms with Crippen molar-refractivity contribution in [1.82, 2.24) is 10.2 Å². The third kappa shape index (κ3) is 5.12. The normalized spacial score (nSPS) is 22.7. The van der Waals surface area contributed by atoms with E-state index in [1.54, 1.807) is 4.90 Å². The Morgan fingerprint density at radius 3 is 2.33 bits per heavy atom. The van der Waals surface area contributed by atoms with Crippen LogP contribution in [0.15, 0.2) is 0 Å². The number of halogens is 3. The van der Waals surface area contributed by atoms with Crippen LogP contribution in [0, 0.1) is 0 Å². The van der Waals surface area contributed by atoms with Crippen molar-refractivity contribution in [2.45, 2.75) is 43.9 Å². The van der Waals surface area contributed by atoms with E-state index in [9.17, 15) is 13.2 Å². The summed E-state index contributed by atoms with van der Waals surface area (Å²) in [6, 6.07) is 0.564. The molecule has 0 aromatic rings. The van der Waals surface area contributed by atoms with E-state index in [2.05, 4.69) is 5.32 Å². The van der Waals surface area contributed by atoms with E-state index < -0.39 is 12.7 Å². The predicted octanol–water partition coefficient (Wildman–Crippen LogP) is 1.78. The zero-order chi connectivity index (χ0) is 13.0. The summed E-state index contributed by atoms with van der Waals surface area (Å²) in [5, 5.41) is 3.33. The van der Waals surface area contributed by atoms with Gasteiger partial charge in [-0.3, -0.25) is 4.90 Å². The molecule has 0 radical (unpaired) electrons. The fourth-order valence-corrected chi connectivity index (χ4v) is 2.37. The average molecular weight is 266 g/mol. The zero-order valence-corrected chi connectivity index (χ0v) is 10.5. The summed E-state index contributed by atoms with van der Waals surface area (Å²) in [4.78, 5) is 1.56. The van der Waals surface area contributed by atoms with Gasteiger partial charge in [-0.05, 0) is 25.7 Å². The molecule has 3 nitrogen and oxygen atoms in total. The first-order chi connectivity index (χ1) is 8.54. The van der Waals surface area contributed by atoms with Crippen LogP contribution in [-0.2, 0) is 4.74 Å². The van der Waals surface area contributed by atoms with Crippen LogP contribution in [0.3, 0.4) is 0 Å². The van der Waals surface area contributed by atoms with Gasteiger partial charge in [-0.1, -0.05) is 0 Å². The van der Waals surface area contributed by atoms with Crippen LogP contribution in [0.25, 0.3) is 0 Å². The van der Waals surface area contributed by atoms with Crippen molar-refractivity contribution in [2.24, 2.45) is 0 Å². The topological polar surface area (TPSA) is 24.5 Å². The molecule has 0 aromatic heterocycles. The molecule has 2 rings (SSSR count). The van der Waals surface area contributed by atoms with Gasteiger partial charge in [-0.15, -0.1) is 0 Å². The smallest absolute Gasteiger partial charge is 0.381 e. The molecule has 1 saturated carbocycles. The second-order valence-corrected chi connectivity index (χ2v) is 5.16. The first-order valence-electron chi connectivity index (χ1n) is 6.66. The summed E-state index contributed by atoms with van der Waals surface area (Å²) < 4.78 is 42.4. The molecular formula is C12H21F3N2O. The maximum Gasteiger partial charge on any atom is 0.401 e. The van der Waals surface area contributed by atoms with Gasteiger partial charge in [0.15, 0.2) is 0 Å². The Hall–Kier alpha value is -0.330. The number of ether oxygens (including phenoxy) is 1. The second-order valence-electron chi connectivity index (χ2n) is 5.16. The highest BCUT2D eigenvalue weighted by molar-refractivity contribution is 4.86. The maximum atomic E-state index is 12.4. The van der Waals surface area contributed by atoms with E-state index in [-0.39, 0.29) is 6.04 Å². The number of hydrogen-bond donors (Lipinski definition) is 1. The minimum Gasteiger partial charge on any atom is -0.381 e. The summed E-state index contributed by atoms with van der Waals surface area (Å²) in [7, 11) is 0. The second kappa shape index (κ2) is 6.21. The molecular weight excluding hydrogens is 245 g/mol. The van der Waals surface area contributed by atoms with Gasteiger partial charge in [0.1, 0.15) is 0 Å². The first-order valence-corrected chi connectivity index (χ1v) is 6.66. The van der Waals surface area contributed by atoms with E-state index in [4.69, 9.17) is 4.74 Å². The van der Waals surface area contributed by atoms with Crippen LogP contribution in [0.5, 0.6) is 0 Å². The molecule has 106 valence electrons. The van der Waals surface area contributed by atoms with E-state index in [0.29, 0.717) is 19.1 Å². The van der Waals surface area contributed by atoms with Gasteiger partial charge in [-0.25, -0.2) is 0 Å². The molecule has 0 atom stereocenters. The Labute approximate surface area is 106 Å². The number of nitrogens with one attached hydrogen (secondary N) is 1. The third-order valence-electron chi connectivity index (χ3n) is 3.50. The lowest BCUT2D eigenvalue weighted by Crippen LogP contribution is -2.43. The molecule has 0 aromatic carbocycles. The summed E-state index contributed by atoms with van der Waals surface area (Å²) in [5.74, 6) is 0. The van der Waals surface area contributed by atoms with Gasteiger partial charge < -0.3 is 10.1 Å². The molecule has 1 heterocycles. The molecule has 1 N–H and O–H groups in total.